The lowest BCUT2D eigenvalue weighted by Crippen LogP contribution is -2.45. The van der Waals surface area contributed by atoms with Crippen molar-refractivity contribution in [1.29, 1.82) is 0 Å². The number of fused-ring (bicyclic) bond motifs is 1. The topological polar surface area (TPSA) is 82.5 Å². The average Bonchev–Trinajstić information content (AvgIpc) is 3.42. The molecule has 2 N–H and O–H groups in total. The van der Waals surface area contributed by atoms with Gasteiger partial charge in [0.05, 0.1) is 5.52 Å². The van der Waals surface area contributed by atoms with Gasteiger partial charge in [-0.25, -0.2) is 0 Å². The van der Waals surface area contributed by atoms with Crippen molar-refractivity contribution < 1.29 is 14.7 Å². The molecule has 1 saturated carbocycles. The second-order valence-electron chi connectivity index (χ2n) is 9.31. The third kappa shape index (κ3) is 5.23. The van der Waals surface area contributed by atoms with Crippen molar-refractivity contribution in [2.24, 2.45) is 0 Å². The number of carbonyl (C=O) groups excluding carboxylic acids is 2. The number of nitrogens with one attached hydrogen (secondary N) is 1. The van der Waals surface area contributed by atoms with Crippen LogP contribution >= 0.6 is 0 Å². The van der Waals surface area contributed by atoms with E-state index < -0.39 is 6.04 Å². The molecule has 0 aliphatic heterocycles. The van der Waals surface area contributed by atoms with Gasteiger partial charge in [-0.2, -0.15) is 0 Å². The first-order valence-electron chi connectivity index (χ1n) is 12.4. The molecule has 1 atom stereocenters. The van der Waals surface area contributed by atoms with E-state index in [1.165, 1.54) is 12.1 Å². The predicted molar refractivity (Wildman–Crippen MR) is 139 cm³/mol. The molecule has 36 heavy (non-hydrogen) atoms. The van der Waals surface area contributed by atoms with Gasteiger partial charge in [0, 0.05) is 29.7 Å². The molecule has 5 rings (SSSR count). The van der Waals surface area contributed by atoms with Crippen molar-refractivity contribution in [2.75, 3.05) is 0 Å². The highest BCUT2D eigenvalue weighted by Crippen LogP contribution is 2.29. The van der Waals surface area contributed by atoms with Crippen molar-refractivity contribution in [2.45, 2.75) is 44.3 Å². The number of rotatable bonds is 7. The fraction of sp³-hybridized carbons (Fsp3) is 0.233. The number of hydrogen-bond donors (Lipinski definition) is 2. The lowest BCUT2D eigenvalue weighted by Gasteiger charge is -2.32. The molecular weight excluding hydrogens is 450 g/mol. The second-order valence-corrected chi connectivity index (χ2v) is 9.31. The number of pyridine rings is 1. The van der Waals surface area contributed by atoms with E-state index in [0.717, 1.165) is 47.7 Å². The number of nitrogens with zero attached hydrogens (tertiary/aromatic N) is 2. The maximum Gasteiger partial charge on any atom is 0.255 e. The van der Waals surface area contributed by atoms with Gasteiger partial charge in [-0.1, -0.05) is 55.3 Å². The Kier molecular flexibility index (Phi) is 6.94. The Morgan fingerprint density at radius 1 is 0.944 bits per heavy atom. The van der Waals surface area contributed by atoms with Gasteiger partial charge in [0.1, 0.15) is 11.8 Å². The lowest BCUT2D eigenvalue weighted by molar-refractivity contribution is -0.126. The van der Waals surface area contributed by atoms with Crippen LogP contribution in [0.3, 0.4) is 0 Å². The molecule has 4 aromatic rings. The minimum Gasteiger partial charge on any atom is -0.508 e. The molecule has 6 heteroatoms. The predicted octanol–water partition coefficient (Wildman–Crippen LogP) is 5.38. The van der Waals surface area contributed by atoms with Gasteiger partial charge >= 0.3 is 0 Å². The van der Waals surface area contributed by atoms with E-state index in [0.29, 0.717) is 5.56 Å². The fourth-order valence-electron chi connectivity index (χ4n) is 4.92. The van der Waals surface area contributed by atoms with Crippen LogP contribution < -0.4 is 5.32 Å². The third-order valence-electron chi connectivity index (χ3n) is 6.78. The van der Waals surface area contributed by atoms with Gasteiger partial charge in [-0.05, 0) is 66.4 Å². The number of amides is 2. The quantitative estimate of drug-likeness (QED) is 0.373. The van der Waals surface area contributed by atoms with Crippen molar-refractivity contribution in [3.8, 4) is 5.75 Å². The number of hydrogen-bond acceptors (Lipinski definition) is 4. The van der Waals surface area contributed by atoms with Gasteiger partial charge < -0.3 is 15.3 Å². The molecule has 0 spiro atoms. The van der Waals surface area contributed by atoms with Crippen molar-refractivity contribution in [1.82, 2.24) is 15.2 Å². The number of phenols is 1. The molecule has 1 fully saturated rings. The molecule has 1 aliphatic rings. The molecule has 0 saturated heterocycles. The van der Waals surface area contributed by atoms with Crippen LogP contribution in [0.2, 0.25) is 0 Å². The van der Waals surface area contributed by atoms with Crippen LogP contribution in [-0.2, 0) is 11.3 Å². The van der Waals surface area contributed by atoms with Gasteiger partial charge in [0.25, 0.3) is 5.91 Å². The maximum atomic E-state index is 13.9. The smallest absolute Gasteiger partial charge is 0.255 e. The summed E-state index contributed by atoms with van der Waals surface area (Å²) >= 11 is 0. The van der Waals surface area contributed by atoms with Gasteiger partial charge in [0.15, 0.2) is 0 Å². The van der Waals surface area contributed by atoms with E-state index in [1.54, 1.807) is 23.2 Å². The van der Waals surface area contributed by atoms with Crippen LogP contribution in [-0.4, -0.2) is 32.8 Å². The molecular formula is C30H29N3O3. The third-order valence-corrected chi connectivity index (χ3v) is 6.78. The van der Waals surface area contributed by atoms with Gasteiger partial charge in [-0.15, -0.1) is 0 Å². The van der Waals surface area contributed by atoms with E-state index in [1.807, 2.05) is 60.7 Å². The molecule has 1 heterocycles. The Balaban J connectivity index is 1.59. The molecule has 0 radical (unpaired) electrons. The minimum absolute atomic E-state index is 0.0821. The standard InChI is InChI=1S/C30H29N3O3/c34-26-15-12-22(13-16-26)30(36)33(20-21-7-2-1-3-8-21)28(29(35)32-25-10-4-5-11-25)24-14-17-27-23(19-24)9-6-18-31-27/h1-3,6-9,12-19,25,28,34H,4-5,10-11,20H2,(H,32,35)/t28-/m1/s1. The molecule has 2 amide bonds. The summed E-state index contributed by atoms with van der Waals surface area (Å²) in [5, 5.41) is 13.9. The van der Waals surface area contributed by atoms with E-state index in [2.05, 4.69) is 10.3 Å². The van der Waals surface area contributed by atoms with E-state index in [9.17, 15) is 14.7 Å². The minimum atomic E-state index is -0.836. The molecule has 1 aromatic heterocycles. The van der Waals surface area contributed by atoms with Crippen molar-refractivity contribution >= 4 is 22.7 Å². The Morgan fingerprint density at radius 2 is 1.69 bits per heavy atom. The zero-order valence-corrected chi connectivity index (χ0v) is 20.0. The van der Waals surface area contributed by atoms with E-state index >= 15 is 0 Å². The normalized spacial score (nSPS) is 14.4. The summed E-state index contributed by atoms with van der Waals surface area (Å²) in [6, 6.07) is 24.7. The summed E-state index contributed by atoms with van der Waals surface area (Å²) in [5.41, 5.74) is 2.89. The summed E-state index contributed by atoms with van der Waals surface area (Å²) in [7, 11) is 0. The lowest BCUT2D eigenvalue weighted by atomic mass is 9.99. The van der Waals surface area contributed by atoms with Gasteiger partial charge in [-0.3, -0.25) is 14.6 Å². The van der Waals surface area contributed by atoms with E-state index in [4.69, 9.17) is 0 Å². The highest BCUT2D eigenvalue weighted by Gasteiger charge is 2.34. The molecule has 0 unspecified atom stereocenters. The highest BCUT2D eigenvalue weighted by atomic mass is 16.3. The zero-order valence-electron chi connectivity index (χ0n) is 20.0. The average molecular weight is 480 g/mol. The van der Waals surface area contributed by atoms with Crippen LogP contribution in [0, 0.1) is 0 Å². The summed E-state index contributed by atoms with van der Waals surface area (Å²) in [5.74, 6) is -0.386. The molecule has 1 aliphatic carbocycles. The highest BCUT2D eigenvalue weighted by molar-refractivity contribution is 5.98. The zero-order chi connectivity index (χ0) is 24.9. The largest absolute Gasteiger partial charge is 0.508 e. The number of phenolic OH excluding ortho intramolecular Hbond substituents is 1. The Bertz CT molecular complexity index is 1350. The van der Waals surface area contributed by atoms with Crippen LogP contribution in [0.4, 0.5) is 0 Å². The Labute approximate surface area is 210 Å². The van der Waals surface area contributed by atoms with Gasteiger partial charge in [0.2, 0.25) is 5.91 Å². The SMILES string of the molecule is O=C(NC1CCCC1)[C@@H](c1ccc2ncccc2c1)N(Cc1ccccc1)C(=O)c1ccc(O)cc1. The Morgan fingerprint density at radius 3 is 2.44 bits per heavy atom. The van der Waals surface area contributed by atoms with Crippen LogP contribution in [0.25, 0.3) is 10.9 Å². The van der Waals surface area contributed by atoms with Crippen LogP contribution in [0.5, 0.6) is 5.75 Å². The first-order chi connectivity index (χ1) is 17.6. The van der Waals surface area contributed by atoms with Crippen molar-refractivity contribution in [3.63, 3.8) is 0 Å². The molecule has 0 bridgehead atoms. The van der Waals surface area contributed by atoms with E-state index in [-0.39, 0.29) is 30.2 Å². The maximum absolute atomic E-state index is 13.9. The molecule has 3 aromatic carbocycles. The summed E-state index contributed by atoms with van der Waals surface area (Å²) in [6.07, 6.45) is 5.83. The summed E-state index contributed by atoms with van der Waals surface area (Å²) in [6.45, 7) is 0.258. The fourth-order valence-corrected chi connectivity index (χ4v) is 4.92. The number of carbonyl (C=O) groups is 2. The summed E-state index contributed by atoms with van der Waals surface area (Å²) in [4.78, 5) is 33.9. The van der Waals surface area contributed by atoms with Crippen molar-refractivity contribution in [3.05, 3.63) is 108 Å². The first kappa shape index (κ1) is 23.5. The Hall–Kier alpha value is -4.19. The van der Waals surface area contributed by atoms with Crippen LogP contribution in [0.1, 0.15) is 53.2 Å². The van der Waals surface area contributed by atoms with Crippen LogP contribution in [0.15, 0.2) is 91.1 Å². The number of aromatic nitrogens is 1. The molecule has 6 nitrogen and oxygen atoms in total. The molecule has 182 valence electrons. The number of aromatic hydroxyl groups is 1. The second kappa shape index (κ2) is 10.6. The number of benzene rings is 3. The summed E-state index contributed by atoms with van der Waals surface area (Å²) < 4.78 is 0. The first-order valence-corrected chi connectivity index (χ1v) is 12.4. The monoisotopic (exact) mass is 479 g/mol.